The highest BCUT2D eigenvalue weighted by molar-refractivity contribution is 7.13. The van der Waals surface area contributed by atoms with Crippen molar-refractivity contribution in [1.29, 1.82) is 0 Å². The van der Waals surface area contributed by atoms with Gasteiger partial charge in [-0.1, -0.05) is 11.6 Å². The van der Waals surface area contributed by atoms with Crippen LogP contribution in [0.4, 0.5) is 10.1 Å². The number of thiazole rings is 1. The fourth-order valence-corrected chi connectivity index (χ4v) is 3.25. The number of aromatic nitrogens is 1. The number of hydrogen-bond acceptors (Lipinski definition) is 4. The Balaban J connectivity index is 1.70. The summed E-state index contributed by atoms with van der Waals surface area (Å²) in [6, 6.07) is 11.1. The first-order valence-corrected chi connectivity index (χ1v) is 8.64. The molecular weight excluding hydrogens is 363 g/mol. The quantitative estimate of drug-likeness (QED) is 0.696. The Labute approximate surface area is 153 Å². The Hall–Kier alpha value is -2.44. The zero-order valence-electron chi connectivity index (χ0n) is 13.3. The summed E-state index contributed by atoms with van der Waals surface area (Å²) in [4.78, 5) is 16.7. The summed E-state index contributed by atoms with van der Waals surface area (Å²) in [6.45, 7) is 0. The van der Waals surface area contributed by atoms with Crippen LogP contribution in [-0.2, 0) is 11.2 Å². The van der Waals surface area contributed by atoms with Gasteiger partial charge in [0.15, 0.2) is 0 Å². The number of carbonyl (C=O) groups excluding carboxylic acids is 1. The van der Waals surface area contributed by atoms with E-state index in [4.69, 9.17) is 16.3 Å². The minimum Gasteiger partial charge on any atom is -0.495 e. The number of carbonyl (C=O) groups is 1. The molecule has 0 saturated carbocycles. The Kier molecular flexibility index (Phi) is 5.31. The summed E-state index contributed by atoms with van der Waals surface area (Å²) in [5, 5.41) is 5.83. The number of benzene rings is 2. The van der Waals surface area contributed by atoms with E-state index >= 15 is 0 Å². The van der Waals surface area contributed by atoms with Crippen molar-refractivity contribution in [3.63, 3.8) is 0 Å². The molecule has 0 atom stereocenters. The third kappa shape index (κ3) is 4.35. The van der Waals surface area contributed by atoms with Gasteiger partial charge >= 0.3 is 0 Å². The number of anilines is 1. The second kappa shape index (κ2) is 7.63. The number of ether oxygens (including phenoxy) is 1. The zero-order chi connectivity index (χ0) is 17.8. The van der Waals surface area contributed by atoms with Crippen molar-refractivity contribution in [3.05, 3.63) is 64.4 Å². The van der Waals surface area contributed by atoms with Crippen molar-refractivity contribution < 1.29 is 13.9 Å². The summed E-state index contributed by atoms with van der Waals surface area (Å²) in [7, 11) is 1.52. The van der Waals surface area contributed by atoms with Gasteiger partial charge < -0.3 is 10.1 Å². The molecule has 1 amide bonds. The van der Waals surface area contributed by atoms with Gasteiger partial charge in [0.25, 0.3) is 0 Å². The van der Waals surface area contributed by atoms with Crippen LogP contribution < -0.4 is 10.1 Å². The topological polar surface area (TPSA) is 51.2 Å². The lowest BCUT2D eigenvalue weighted by Crippen LogP contribution is -2.15. The molecule has 4 nitrogen and oxygen atoms in total. The molecule has 0 aliphatic heterocycles. The molecule has 1 heterocycles. The predicted molar refractivity (Wildman–Crippen MR) is 97.8 cm³/mol. The van der Waals surface area contributed by atoms with E-state index in [1.54, 1.807) is 30.3 Å². The lowest BCUT2D eigenvalue weighted by atomic mass is 10.2. The number of halogens is 2. The molecule has 0 saturated heterocycles. The summed E-state index contributed by atoms with van der Waals surface area (Å²) in [5.74, 6) is 0.00919. The molecule has 3 rings (SSSR count). The molecule has 0 spiro atoms. The summed E-state index contributed by atoms with van der Waals surface area (Å²) < 4.78 is 18.2. The fourth-order valence-electron chi connectivity index (χ4n) is 2.25. The Bertz CT molecular complexity index is 896. The molecule has 128 valence electrons. The van der Waals surface area contributed by atoms with E-state index in [9.17, 15) is 9.18 Å². The van der Waals surface area contributed by atoms with E-state index in [0.717, 1.165) is 10.6 Å². The Morgan fingerprint density at radius 3 is 2.76 bits per heavy atom. The maximum Gasteiger partial charge on any atom is 0.230 e. The van der Waals surface area contributed by atoms with E-state index in [2.05, 4.69) is 10.3 Å². The van der Waals surface area contributed by atoms with Crippen molar-refractivity contribution in [1.82, 2.24) is 4.98 Å². The summed E-state index contributed by atoms with van der Waals surface area (Å²) >= 11 is 7.36. The van der Waals surface area contributed by atoms with Gasteiger partial charge in [-0.2, -0.15) is 0 Å². The highest BCUT2D eigenvalue weighted by atomic mass is 35.5. The molecule has 0 aliphatic rings. The number of rotatable bonds is 5. The second-order valence-electron chi connectivity index (χ2n) is 5.22. The predicted octanol–water partition coefficient (Wildman–Crippen LogP) is 4.79. The van der Waals surface area contributed by atoms with Gasteiger partial charge in [0, 0.05) is 16.0 Å². The SMILES string of the molecule is COc1ccc(Cl)cc1NC(=O)Cc1csc(-c2ccc(F)cc2)n1. The van der Waals surface area contributed by atoms with Crippen LogP contribution in [0.2, 0.25) is 5.02 Å². The van der Waals surface area contributed by atoms with E-state index < -0.39 is 0 Å². The number of nitrogens with zero attached hydrogens (tertiary/aromatic N) is 1. The number of amides is 1. The molecule has 25 heavy (non-hydrogen) atoms. The molecule has 0 aliphatic carbocycles. The Morgan fingerprint density at radius 1 is 1.28 bits per heavy atom. The average Bonchev–Trinajstić information content (AvgIpc) is 3.04. The largest absolute Gasteiger partial charge is 0.495 e. The van der Waals surface area contributed by atoms with E-state index in [0.29, 0.717) is 22.2 Å². The van der Waals surface area contributed by atoms with Gasteiger partial charge in [-0.15, -0.1) is 11.3 Å². The van der Waals surface area contributed by atoms with Crippen LogP contribution in [0.1, 0.15) is 5.69 Å². The molecule has 3 aromatic rings. The highest BCUT2D eigenvalue weighted by Gasteiger charge is 2.12. The number of hydrogen-bond donors (Lipinski definition) is 1. The van der Waals surface area contributed by atoms with Crippen molar-refractivity contribution >= 4 is 34.5 Å². The standard InChI is InChI=1S/C18H14ClFN2O2S/c1-24-16-7-4-12(19)8-15(16)22-17(23)9-14-10-25-18(21-14)11-2-5-13(20)6-3-11/h2-8,10H,9H2,1H3,(H,22,23). The zero-order valence-corrected chi connectivity index (χ0v) is 14.8. The summed E-state index contributed by atoms with van der Waals surface area (Å²) in [5.41, 5.74) is 1.96. The highest BCUT2D eigenvalue weighted by Crippen LogP contribution is 2.28. The first-order valence-electron chi connectivity index (χ1n) is 7.39. The van der Waals surface area contributed by atoms with Gasteiger partial charge in [-0.25, -0.2) is 9.37 Å². The number of nitrogens with one attached hydrogen (secondary N) is 1. The molecule has 0 bridgehead atoms. The first kappa shape index (κ1) is 17.4. The molecule has 1 N–H and O–H groups in total. The Morgan fingerprint density at radius 2 is 2.04 bits per heavy atom. The van der Waals surface area contributed by atoms with E-state index in [-0.39, 0.29) is 18.1 Å². The van der Waals surface area contributed by atoms with E-state index in [1.165, 1.54) is 30.6 Å². The van der Waals surface area contributed by atoms with Crippen LogP contribution in [0, 0.1) is 5.82 Å². The molecule has 0 unspecified atom stereocenters. The molecule has 0 fully saturated rings. The maximum atomic E-state index is 13.0. The molecule has 7 heteroatoms. The van der Waals surface area contributed by atoms with Crippen LogP contribution in [-0.4, -0.2) is 18.0 Å². The van der Waals surface area contributed by atoms with Gasteiger partial charge in [-0.3, -0.25) is 4.79 Å². The van der Waals surface area contributed by atoms with Crippen LogP contribution in [0.25, 0.3) is 10.6 Å². The van der Waals surface area contributed by atoms with Crippen molar-refractivity contribution in [3.8, 4) is 16.3 Å². The monoisotopic (exact) mass is 376 g/mol. The first-order chi connectivity index (χ1) is 12.0. The lowest BCUT2D eigenvalue weighted by molar-refractivity contribution is -0.115. The van der Waals surface area contributed by atoms with Crippen LogP contribution in [0.15, 0.2) is 47.8 Å². The lowest BCUT2D eigenvalue weighted by Gasteiger charge is -2.10. The molecular formula is C18H14ClFN2O2S. The summed E-state index contributed by atoms with van der Waals surface area (Å²) in [6.07, 6.45) is 0.118. The molecule has 1 aromatic heterocycles. The second-order valence-corrected chi connectivity index (χ2v) is 6.51. The van der Waals surface area contributed by atoms with Crippen LogP contribution in [0.3, 0.4) is 0 Å². The van der Waals surface area contributed by atoms with Crippen molar-refractivity contribution in [2.75, 3.05) is 12.4 Å². The number of methoxy groups -OCH3 is 1. The minimum absolute atomic E-state index is 0.118. The smallest absolute Gasteiger partial charge is 0.230 e. The van der Waals surface area contributed by atoms with Crippen LogP contribution in [0.5, 0.6) is 5.75 Å². The van der Waals surface area contributed by atoms with Crippen molar-refractivity contribution in [2.24, 2.45) is 0 Å². The minimum atomic E-state index is -0.296. The fraction of sp³-hybridized carbons (Fsp3) is 0.111. The van der Waals surface area contributed by atoms with E-state index in [1.807, 2.05) is 5.38 Å². The van der Waals surface area contributed by atoms with Gasteiger partial charge in [0.2, 0.25) is 5.91 Å². The third-order valence-corrected chi connectivity index (χ3v) is 4.60. The maximum absolute atomic E-state index is 13.0. The van der Waals surface area contributed by atoms with Gasteiger partial charge in [-0.05, 0) is 42.5 Å². The third-order valence-electron chi connectivity index (χ3n) is 3.42. The van der Waals surface area contributed by atoms with Crippen molar-refractivity contribution in [2.45, 2.75) is 6.42 Å². The van der Waals surface area contributed by atoms with Gasteiger partial charge in [0.1, 0.15) is 16.6 Å². The molecule has 0 radical (unpaired) electrons. The van der Waals surface area contributed by atoms with Crippen LogP contribution >= 0.6 is 22.9 Å². The molecule has 2 aromatic carbocycles. The average molecular weight is 377 g/mol. The van der Waals surface area contributed by atoms with Gasteiger partial charge in [0.05, 0.1) is 24.9 Å². The normalized spacial score (nSPS) is 10.5.